The highest BCUT2D eigenvalue weighted by Crippen LogP contribution is 2.31. The van der Waals surface area contributed by atoms with Crippen LogP contribution in [-0.2, 0) is 4.79 Å². The molecule has 0 aromatic heterocycles. The molecule has 0 bridgehead atoms. The van der Waals surface area contributed by atoms with E-state index in [0.717, 1.165) is 17.7 Å². The number of halogens is 3. The molecular formula is C13H17Cl3N2O. The van der Waals surface area contributed by atoms with E-state index in [4.69, 9.17) is 34.8 Å². The number of carbonyl (C=O) groups excluding carboxylic acids is 1. The number of anilines is 1. The average molecular weight is 324 g/mol. The molecule has 106 valence electrons. The molecular weight excluding hydrogens is 307 g/mol. The second-order valence-electron chi connectivity index (χ2n) is 4.25. The third-order valence-corrected chi connectivity index (χ3v) is 3.21. The van der Waals surface area contributed by atoms with E-state index < -0.39 is 9.96 Å². The van der Waals surface area contributed by atoms with Crippen molar-refractivity contribution in [3.8, 4) is 0 Å². The van der Waals surface area contributed by atoms with E-state index in [-0.39, 0.29) is 5.91 Å². The zero-order valence-corrected chi connectivity index (χ0v) is 13.1. The summed E-state index contributed by atoms with van der Waals surface area (Å²) in [6.07, 6.45) is 0.354. The molecule has 0 radical (unpaired) electrons. The Morgan fingerprint density at radius 3 is 2.47 bits per heavy atom. The van der Waals surface area contributed by atoms with Gasteiger partial charge in [-0.05, 0) is 25.0 Å². The average Bonchev–Trinajstić information content (AvgIpc) is 2.30. The number of aryl methyl sites for hydroxylation is 1. The molecule has 0 spiro atoms. The normalized spacial score (nSPS) is 12.9. The van der Waals surface area contributed by atoms with Gasteiger partial charge in [0.1, 0.15) is 6.17 Å². The molecule has 0 heterocycles. The third kappa shape index (κ3) is 5.47. The Labute approximate surface area is 128 Å². The highest BCUT2D eigenvalue weighted by atomic mass is 35.6. The maximum absolute atomic E-state index is 11.6. The summed E-state index contributed by atoms with van der Waals surface area (Å²) < 4.78 is -1.63. The van der Waals surface area contributed by atoms with Gasteiger partial charge in [-0.1, -0.05) is 59.9 Å². The number of alkyl halides is 3. The molecule has 2 N–H and O–H groups in total. The largest absolute Gasteiger partial charge is 0.362 e. The molecule has 3 nitrogen and oxygen atoms in total. The van der Waals surface area contributed by atoms with Crippen LogP contribution in [0.25, 0.3) is 0 Å². The van der Waals surface area contributed by atoms with Crippen LogP contribution in [0.2, 0.25) is 0 Å². The van der Waals surface area contributed by atoms with E-state index in [1.807, 2.05) is 38.1 Å². The lowest BCUT2D eigenvalue weighted by atomic mass is 10.2. The van der Waals surface area contributed by atoms with Crippen LogP contribution in [0.15, 0.2) is 24.3 Å². The van der Waals surface area contributed by atoms with Crippen LogP contribution in [0.5, 0.6) is 0 Å². The molecule has 19 heavy (non-hydrogen) atoms. The van der Waals surface area contributed by atoms with Crippen molar-refractivity contribution in [2.75, 3.05) is 5.32 Å². The Hall–Kier alpha value is -0.640. The summed E-state index contributed by atoms with van der Waals surface area (Å²) >= 11 is 17.7. The SMILES string of the molecule is CCCC(=O)N[C@H](Nc1ccccc1C)C(Cl)(Cl)Cl. The molecule has 1 aromatic carbocycles. The Morgan fingerprint density at radius 2 is 1.95 bits per heavy atom. The number of hydrogen-bond acceptors (Lipinski definition) is 2. The molecule has 0 saturated heterocycles. The minimum atomic E-state index is -1.63. The molecule has 0 aliphatic rings. The fourth-order valence-corrected chi connectivity index (χ4v) is 1.88. The second-order valence-corrected chi connectivity index (χ2v) is 6.62. The van der Waals surface area contributed by atoms with E-state index in [2.05, 4.69) is 10.6 Å². The molecule has 0 aliphatic carbocycles. The molecule has 0 unspecified atom stereocenters. The van der Waals surface area contributed by atoms with Gasteiger partial charge < -0.3 is 10.6 Å². The number of rotatable bonds is 5. The summed E-state index contributed by atoms with van der Waals surface area (Å²) in [6, 6.07) is 7.59. The van der Waals surface area contributed by atoms with E-state index >= 15 is 0 Å². The Morgan fingerprint density at radius 1 is 1.32 bits per heavy atom. The van der Waals surface area contributed by atoms with E-state index in [1.165, 1.54) is 0 Å². The van der Waals surface area contributed by atoms with Crippen molar-refractivity contribution in [1.29, 1.82) is 0 Å². The second kappa shape index (κ2) is 7.22. The van der Waals surface area contributed by atoms with Crippen LogP contribution in [0.3, 0.4) is 0 Å². The minimum Gasteiger partial charge on any atom is -0.362 e. The Balaban J connectivity index is 2.82. The monoisotopic (exact) mass is 322 g/mol. The summed E-state index contributed by atoms with van der Waals surface area (Å²) in [5.74, 6) is -0.153. The highest BCUT2D eigenvalue weighted by Gasteiger charge is 2.34. The number of amides is 1. The van der Waals surface area contributed by atoms with Gasteiger partial charge in [0.05, 0.1) is 0 Å². The predicted molar refractivity (Wildman–Crippen MR) is 81.9 cm³/mol. The molecule has 1 aromatic rings. The summed E-state index contributed by atoms with van der Waals surface area (Å²) in [5, 5.41) is 5.74. The maximum Gasteiger partial charge on any atom is 0.228 e. The molecule has 1 amide bonds. The van der Waals surface area contributed by atoms with Crippen molar-refractivity contribution >= 4 is 46.4 Å². The van der Waals surface area contributed by atoms with Gasteiger partial charge in [-0.15, -0.1) is 0 Å². The standard InChI is InChI=1S/C13H17Cl3N2O/c1-3-6-11(19)18-12(13(14,15)16)17-10-8-5-4-7-9(10)2/h4-5,7-8,12,17H,3,6H2,1-2H3,(H,18,19)/t12-/m0/s1. The molecule has 0 aliphatic heterocycles. The lowest BCUT2D eigenvalue weighted by Crippen LogP contribution is -2.49. The fraction of sp³-hybridized carbons (Fsp3) is 0.462. The van der Waals surface area contributed by atoms with E-state index in [0.29, 0.717) is 6.42 Å². The first-order chi connectivity index (χ1) is 8.84. The van der Waals surface area contributed by atoms with Gasteiger partial charge in [-0.3, -0.25) is 4.79 Å². The smallest absolute Gasteiger partial charge is 0.228 e. The van der Waals surface area contributed by atoms with Crippen molar-refractivity contribution in [2.24, 2.45) is 0 Å². The molecule has 0 saturated carbocycles. The summed E-state index contributed by atoms with van der Waals surface area (Å²) in [6.45, 7) is 3.85. The first-order valence-corrected chi connectivity index (χ1v) is 7.16. The Kier molecular flexibility index (Phi) is 6.24. The zero-order valence-electron chi connectivity index (χ0n) is 10.8. The van der Waals surface area contributed by atoms with Crippen molar-refractivity contribution in [3.63, 3.8) is 0 Å². The molecule has 1 rings (SSSR count). The molecule has 0 fully saturated rings. The minimum absolute atomic E-state index is 0.153. The van der Waals surface area contributed by atoms with Gasteiger partial charge in [0, 0.05) is 12.1 Å². The van der Waals surface area contributed by atoms with Crippen molar-refractivity contribution in [3.05, 3.63) is 29.8 Å². The van der Waals surface area contributed by atoms with E-state index in [9.17, 15) is 4.79 Å². The highest BCUT2D eigenvalue weighted by molar-refractivity contribution is 6.68. The van der Waals surface area contributed by atoms with Crippen LogP contribution in [0.4, 0.5) is 5.69 Å². The zero-order chi connectivity index (χ0) is 14.5. The lowest BCUT2D eigenvalue weighted by molar-refractivity contribution is -0.121. The maximum atomic E-state index is 11.6. The number of para-hydroxylation sites is 1. The summed E-state index contributed by atoms with van der Waals surface area (Å²) in [7, 11) is 0. The first kappa shape index (κ1) is 16.4. The van der Waals surface area contributed by atoms with Gasteiger partial charge in [0.2, 0.25) is 9.70 Å². The van der Waals surface area contributed by atoms with Gasteiger partial charge in [-0.25, -0.2) is 0 Å². The van der Waals surface area contributed by atoms with Crippen LogP contribution in [-0.4, -0.2) is 15.9 Å². The predicted octanol–water partition coefficient (Wildman–Crippen LogP) is 4.02. The van der Waals surface area contributed by atoms with Crippen LogP contribution < -0.4 is 10.6 Å². The van der Waals surface area contributed by atoms with Gasteiger partial charge in [0.25, 0.3) is 0 Å². The van der Waals surface area contributed by atoms with Crippen molar-refractivity contribution in [1.82, 2.24) is 5.32 Å². The summed E-state index contributed by atoms with van der Waals surface area (Å²) in [4.78, 5) is 11.6. The van der Waals surface area contributed by atoms with Crippen LogP contribution in [0, 0.1) is 6.92 Å². The fourth-order valence-electron chi connectivity index (χ4n) is 1.55. The van der Waals surface area contributed by atoms with Crippen molar-refractivity contribution < 1.29 is 4.79 Å². The number of hydrogen-bond donors (Lipinski definition) is 2. The van der Waals surface area contributed by atoms with E-state index in [1.54, 1.807) is 0 Å². The Bertz CT molecular complexity index is 432. The van der Waals surface area contributed by atoms with Gasteiger partial charge in [0.15, 0.2) is 0 Å². The third-order valence-electron chi connectivity index (χ3n) is 2.55. The van der Waals surface area contributed by atoms with Gasteiger partial charge >= 0.3 is 0 Å². The number of benzene rings is 1. The lowest BCUT2D eigenvalue weighted by Gasteiger charge is -2.28. The summed E-state index contributed by atoms with van der Waals surface area (Å²) in [5.41, 5.74) is 1.82. The molecule has 6 heteroatoms. The van der Waals surface area contributed by atoms with Gasteiger partial charge in [-0.2, -0.15) is 0 Å². The van der Waals surface area contributed by atoms with Crippen LogP contribution in [0.1, 0.15) is 25.3 Å². The first-order valence-electron chi connectivity index (χ1n) is 6.03. The molecule has 1 atom stereocenters. The van der Waals surface area contributed by atoms with Crippen molar-refractivity contribution in [2.45, 2.75) is 36.6 Å². The topological polar surface area (TPSA) is 41.1 Å². The number of carbonyl (C=O) groups is 1. The quantitative estimate of drug-likeness (QED) is 0.635. The van der Waals surface area contributed by atoms with Crippen LogP contribution >= 0.6 is 34.8 Å². The number of nitrogens with one attached hydrogen (secondary N) is 2.